The van der Waals surface area contributed by atoms with Gasteiger partial charge < -0.3 is 4.52 Å². The van der Waals surface area contributed by atoms with Crippen molar-refractivity contribution in [3.63, 3.8) is 0 Å². The first kappa shape index (κ1) is 15.1. The zero-order valence-corrected chi connectivity index (χ0v) is 14.0. The molecule has 0 unspecified atom stereocenters. The molecule has 0 N–H and O–H groups in total. The van der Waals surface area contributed by atoms with Crippen molar-refractivity contribution in [2.45, 2.75) is 44.4 Å². The van der Waals surface area contributed by atoms with Gasteiger partial charge in [-0.15, -0.1) is 0 Å². The second-order valence-electron chi connectivity index (χ2n) is 6.73. The number of hydrogen-bond acceptors (Lipinski definition) is 3. The fourth-order valence-electron chi connectivity index (χ4n) is 3.73. The van der Waals surface area contributed by atoms with Crippen LogP contribution >= 0.6 is 0 Å². The zero-order chi connectivity index (χ0) is 16.4. The number of hydrogen-bond donors (Lipinski definition) is 0. The standard InChI is InChI=1S/C21H22N2O/c1-15-7-5-6-10-19(15)20-22-21(24-23-20)18-13-11-17(12-14-18)16-8-3-2-4-9-16/h2-10,17-18H,11-14H2,1H3. The Kier molecular flexibility index (Phi) is 4.16. The molecule has 1 fully saturated rings. The maximum Gasteiger partial charge on any atom is 0.230 e. The van der Waals surface area contributed by atoms with E-state index in [4.69, 9.17) is 4.52 Å². The Hall–Kier alpha value is -2.42. The molecule has 3 heteroatoms. The lowest BCUT2D eigenvalue weighted by molar-refractivity contribution is 0.301. The second-order valence-corrected chi connectivity index (χ2v) is 6.73. The van der Waals surface area contributed by atoms with Crippen LogP contribution < -0.4 is 0 Å². The second kappa shape index (κ2) is 6.60. The smallest absolute Gasteiger partial charge is 0.230 e. The molecule has 1 heterocycles. The highest BCUT2D eigenvalue weighted by molar-refractivity contribution is 5.59. The summed E-state index contributed by atoms with van der Waals surface area (Å²) in [6.07, 6.45) is 4.62. The summed E-state index contributed by atoms with van der Waals surface area (Å²) < 4.78 is 5.59. The van der Waals surface area contributed by atoms with E-state index in [1.807, 2.05) is 12.1 Å². The van der Waals surface area contributed by atoms with Crippen LogP contribution in [0.1, 0.15) is 54.5 Å². The van der Waals surface area contributed by atoms with Gasteiger partial charge in [0.1, 0.15) is 0 Å². The van der Waals surface area contributed by atoms with Crippen molar-refractivity contribution < 1.29 is 4.52 Å². The van der Waals surface area contributed by atoms with Gasteiger partial charge in [0.15, 0.2) is 0 Å². The Morgan fingerprint density at radius 1 is 0.833 bits per heavy atom. The molecule has 24 heavy (non-hydrogen) atoms. The first-order valence-corrected chi connectivity index (χ1v) is 8.76. The lowest BCUT2D eigenvalue weighted by Crippen LogP contribution is -2.12. The predicted molar refractivity (Wildman–Crippen MR) is 94.9 cm³/mol. The van der Waals surface area contributed by atoms with Crippen LogP contribution in [0.5, 0.6) is 0 Å². The summed E-state index contributed by atoms with van der Waals surface area (Å²) in [6, 6.07) is 19.0. The van der Waals surface area contributed by atoms with E-state index < -0.39 is 0 Å². The number of nitrogens with zero attached hydrogens (tertiary/aromatic N) is 2. The van der Waals surface area contributed by atoms with Gasteiger partial charge in [0.2, 0.25) is 11.7 Å². The van der Waals surface area contributed by atoms with E-state index in [0.29, 0.717) is 17.7 Å². The summed E-state index contributed by atoms with van der Waals surface area (Å²) in [7, 11) is 0. The topological polar surface area (TPSA) is 38.9 Å². The summed E-state index contributed by atoms with van der Waals surface area (Å²) in [5.74, 6) is 2.59. The van der Waals surface area contributed by atoms with E-state index in [1.54, 1.807) is 0 Å². The van der Waals surface area contributed by atoms with Gasteiger partial charge >= 0.3 is 0 Å². The third kappa shape index (κ3) is 2.99. The van der Waals surface area contributed by atoms with E-state index in [1.165, 1.54) is 24.0 Å². The maximum absolute atomic E-state index is 5.59. The Labute approximate surface area is 142 Å². The Bertz CT molecular complexity index is 801. The minimum absolute atomic E-state index is 0.398. The molecule has 1 aromatic heterocycles. The van der Waals surface area contributed by atoms with Gasteiger partial charge in [-0.1, -0.05) is 59.8 Å². The molecule has 4 rings (SSSR count). The average molecular weight is 318 g/mol. The van der Waals surface area contributed by atoms with Crippen molar-refractivity contribution in [2.75, 3.05) is 0 Å². The molecule has 0 spiro atoms. The summed E-state index contributed by atoms with van der Waals surface area (Å²) >= 11 is 0. The molecule has 0 aliphatic heterocycles. The molecule has 0 saturated heterocycles. The molecule has 122 valence electrons. The van der Waals surface area contributed by atoms with E-state index >= 15 is 0 Å². The van der Waals surface area contributed by atoms with Crippen molar-refractivity contribution in [3.05, 3.63) is 71.6 Å². The molecule has 1 aliphatic rings. The SMILES string of the molecule is Cc1ccccc1-c1noc(C2CCC(c3ccccc3)CC2)n1. The molecule has 3 nitrogen and oxygen atoms in total. The lowest BCUT2D eigenvalue weighted by atomic mass is 9.78. The van der Waals surface area contributed by atoms with Crippen LogP contribution in [-0.4, -0.2) is 10.1 Å². The van der Waals surface area contributed by atoms with Gasteiger partial charge in [0.25, 0.3) is 0 Å². The van der Waals surface area contributed by atoms with Crippen LogP contribution in [0.15, 0.2) is 59.1 Å². The summed E-state index contributed by atoms with van der Waals surface area (Å²) in [4.78, 5) is 4.69. The van der Waals surface area contributed by atoms with Crippen molar-refractivity contribution in [3.8, 4) is 11.4 Å². The fourth-order valence-corrected chi connectivity index (χ4v) is 3.73. The molecule has 1 aliphatic carbocycles. The molecule has 0 atom stereocenters. The van der Waals surface area contributed by atoms with Crippen LogP contribution in [-0.2, 0) is 0 Å². The minimum Gasteiger partial charge on any atom is -0.339 e. The van der Waals surface area contributed by atoms with Crippen molar-refractivity contribution in [2.24, 2.45) is 0 Å². The molecular weight excluding hydrogens is 296 g/mol. The maximum atomic E-state index is 5.59. The number of aryl methyl sites for hydroxylation is 1. The third-order valence-electron chi connectivity index (χ3n) is 5.18. The highest BCUT2D eigenvalue weighted by Crippen LogP contribution is 2.40. The quantitative estimate of drug-likeness (QED) is 0.641. The van der Waals surface area contributed by atoms with Crippen LogP contribution in [0.25, 0.3) is 11.4 Å². The first-order valence-electron chi connectivity index (χ1n) is 8.76. The third-order valence-corrected chi connectivity index (χ3v) is 5.18. The van der Waals surface area contributed by atoms with E-state index in [2.05, 4.69) is 59.5 Å². The fraction of sp³-hybridized carbons (Fsp3) is 0.333. The van der Waals surface area contributed by atoms with Gasteiger partial charge in [0.05, 0.1) is 0 Å². The predicted octanol–water partition coefficient (Wildman–Crippen LogP) is 5.49. The molecule has 1 saturated carbocycles. The number of benzene rings is 2. The van der Waals surface area contributed by atoms with Crippen LogP contribution in [0.3, 0.4) is 0 Å². The van der Waals surface area contributed by atoms with Crippen molar-refractivity contribution >= 4 is 0 Å². The van der Waals surface area contributed by atoms with Crippen LogP contribution in [0.2, 0.25) is 0 Å². The Balaban J connectivity index is 1.46. The van der Waals surface area contributed by atoms with Crippen molar-refractivity contribution in [1.82, 2.24) is 10.1 Å². The monoisotopic (exact) mass is 318 g/mol. The number of aromatic nitrogens is 2. The Morgan fingerprint density at radius 2 is 1.50 bits per heavy atom. The molecular formula is C21H22N2O. The van der Waals surface area contributed by atoms with E-state index in [9.17, 15) is 0 Å². The minimum atomic E-state index is 0.398. The lowest BCUT2D eigenvalue weighted by Gasteiger charge is -2.26. The van der Waals surface area contributed by atoms with Crippen LogP contribution in [0, 0.1) is 6.92 Å². The Morgan fingerprint density at radius 3 is 2.25 bits per heavy atom. The molecule has 0 radical (unpaired) electrons. The summed E-state index contributed by atoms with van der Waals surface area (Å²) in [6.45, 7) is 2.08. The number of rotatable bonds is 3. The highest BCUT2D eigenvalue weighted by atomic mass is 16.5. The van der Waals surface area contributed by atoms with Gasteiger partial charge in [-0.2, -0.15) is 4.98 Å². The van der Waals surface area contributed by atoms with Crippen molar-refractivity contribution in [1.29, 1.82) is 0 Å². The average Bonchev–Trinajstić information content (AvgIpc) is 3.13. The van der Waals surface area contributed by atoms with Gasteiger partial charge in [-0.25, -0.2) is 0 Å². The summed E-state index contributed by atoms with van der Waals surface area (Å²) in [5, 5.41) is 4.21. The summed E-state index contributed by atoms with van der Waals surface area (Å²) in [5.41, 5.74) is 3.70. The largest absolute Gasteiger partial charge is 0.339 e. The highest BCUT2D eigenvalue weighted by Gasteiger charge is 2.27. The van der Waals surface area contributed by atoms with Gasteiger partial charge in [-0.05, 0) is 49.7 Å². The zero-order valence-electron chi connectivity index (χ0n) is 14.0. The van der Waals surface area contributed by atoms with E-state index in [0.717, 1.165) is 24.3 Å². The first-order chi connectivity index (χ1) is 11.8. The molecule has 2 aromatic carbocycles. The van der Waals surface area contributed by atoms with Gasteiger partial charge in [-0.3, -0.25) is 0 Å². The molecule has 0 bridgehead atoms. The molecule has 3 aromatic rings. The van der Waals surface area contributed by atoms with Gasteiger partial charge in [0, 0.05) is 11.5 Å². The normalized spacial score (nSPS) is 20.9. The van der Waals surface area contributed by atoms with E-state index in [-0.39, 0.29) is 0 Å². The van der Waals surface area contributed by atoms with Crippen LogP contribution in [0.4, 0.5) is 0 Å². The molecule has 0 amide bonds.